The van der Waals surface area contributed by atoms with Crippen molar-refractivity contribution in [3.05, 3.63) is 433 Å². The minimum Gasteiger partial charge on any atom is -0.0619 e. The van der Waals surface area contributed by atoms with Crippen molar-refractivity contribution in [2.75, 3.05) is 0 Å². The summed E-state index contributed by atoms with van der Waals surface area (Å²) in [7, 11) is 0. The molecule has 0 aliphatic heterocycles. The monoisotopic (exact) mass is 1530 g/mol. The molecule has 568 valence electrons. The van der Waals surface area contributed by atoms with Gasteiger partial charge in [0, 0.05) is 21.7 Å². The highest BCUT2D eigenvalue weighted by Gasteiger charge is 2.40. The lowest BCUT2D eigenvalue weighted by atomic mass is 9.80. The molecule has 0 nitrogen and oxygen atoms in total. The number of benzene rings is 20. The van der Waals surface area contributed by atoms with E-state index in [1.54, 1.807) is 0 Å². The van der Waals surface area contributed by atoms with E-state index in [0.29, 0.717) is 0 Å². The predicted molar refractivity (Wildman–Crippen MR) is 512 cm³/mol. The fourth-order valence-corrected chi connectivity index (χ4v) is 21.9. The second-order valence-corrected chi connectivity index (χ2v) is 36.1. The van der Waals surface area contributed by atoms with Gasteiger partial charge < -0.3 is 0 Å². The Bertz CT molecular complexity index is 7760. The average molecular weight is 1530 g/mol. The van der Waals surface area contributed by atoms with Gasteiger partial charge in [-0.15, -0.1) is 0 Å². The van der Waals surface area contributed by atoms with E-state index < -0.39 is 0 Å². The van der Waals surface area contributed by atoms with Crippen LogP contribution in [0.3, 0.4) is 0 Å². The summed E-state index contributed by atoms with van der Waals surface area (Å²) in [5, 5.41) is 15.2. The molecule has 0 atom stereocenters. The molecule has 0 bridgehead atoms. The molecular formula is C120H88. The van der Waals surface area contributed by atoms with Crippen LogP contribution in [0.2, 0.25) is 0 Å². The maximum atomic E-state index is 2.49. The van der Waals surface area contributed by atoms with Crippen molar-refractivity contribution in [1.29, 1.82) is 0 Å². The van der Waals surface area contributed by atoms with Gasteiger partial charge in [-0.05, 0) is 297 Å². The van der Waals surface area contributed by atoms with E-state index in [0.717, 1.165) is 0 Å². The van der Waals surface area contributed by atoms with Crippen LogP contribution in [0.5, 0.6) is 0 Å². The highest BCUT2D eigenvalue weighted by atomic mass is 14.4. The van der Waals surface area contributed by atoms with Crippen LogP contribution < -0.4 is 0 Å². The fraction of sp³-hybridized carbons (Fsp3) is 0.100. The Morgan fingerprint density at radius 2 is 0.358 bits per heavy atom. The van der Waals surface area contributed by atoms with Crippen molar-refractivity contribution in [2.24, 2.45) is 0 Å². The van der Waals surface area contributed by atoms with E-state index in [-0.39, 0.29) is 21.7 Å². The van der Waals surface area contributed by atoms with Gasteiger partial charge in [-0.25, -0.2) is 0 Å². The molecule has 0 saturated carbocycles. The van der Waals surface area contributed by atoms with Crippen molar-refractivity contribution < 1.29 is 0 Å². The van der Waals surface area contributed by atoms with Gasteiger partial charge in [0.2, 0.25) is 0 Å². The molecule has 0 fully saturated rings. The van der Waals surface area contributed by atoms with Gasteiger partial charge >= 0.3 is 0 Å². The van der Waals surface area contributed by atoms with Gasteiger partial charge in [0.15, 0.2) is 0 Å². The van der Waals surface area contributed by atoms with Crippen molar-refractivity contribution in [1.82, 2.24) is 0 Å². The lowest BCUT2D eigenvalue weighted by Gasteiger charge is -2.23. The summed E-state index contributed by atoms with van der Waals surface area (Å²) >= 11 is 0. The summed E-state index contributed by atoms with van der Waals surface area (Å²) in [6, 6.07) is 146. The normalized spacial score (nSPS) is 14.3. The first-order chi connectivity index (χ1) is 58.5. The summed E-state index contributed by atoms with van der Waals surface area (Å²) in [6.45, 7) is 19.0. The van der Waals surface area contributed by atoms with Crippen LogP contribution in [0.1, 0.15) is 99.9 Å². The smallest absolute Gasteiger partial charge is 0.0159 e. The largest absolute Gasteiger partial charge is 0.0619 e. The average Bonchev–Trinajstić information content (AvgIpc) is 1.14. The molecule has 4 aliphatic carbocycles. The molecule has 0 heteroatoms. The Kier molecular flexibility index (Phi) is 15.9. The number of hydrogen-bond donors (Lipinski definition) is 0. The molecule has 24 rings (SSSR count). The molecule has 20 aromatic carbocycles. The number of rotatable bonds is 8. The Labute approximate surface area is 703 Å². The van der Waals surface area contributed by atoms with Crippen molar-refractivity contribution in [2.45, 2.75) is 77.0 Å². The van der Waals surface area contributed by atoms with Crippen LogP contribution in [-0.4, -0.2) is 0 Å². The Hall–Kier alpha value is -14.0. The molecule has 0 heterocycles. The molecule has 0 spiro atoms. The first-order valence-electron chi connectivity index (χ1n) is 42.7. The molecule has 20 aromatic rings. The second-order valence-electron chi connectivity index (χ2n) is 36.1. The van der Waals surface area contributed by atoms with Crippen molar-refractivity contribution >= 4 is 64.6 Å². The summed E-state index contributed by atoms with van der Waals surface area (Å²) in [5.41, 5.74) is 41.7. The SMILES string of the molecule is CC1(C)c2ccccc2-c2ccc(-c3ccc(-c4c5ccccc5c(-c5ccc6c(c5)C(C)(C)c5ccccc5-6)c5cc(-c6ccc7ccccc7c6)ccc45)cc3)cc21.CC1(C)c2ccccc2-c2ccc(-c3cccc(-c4c5ccccc5c(-c5ccc6c(c5)C(C)(C)c5ccccc5-6)c5cc(-c6ccc7ccccc7c6)ccc45)c3)cc21. The van der Waals surface area contributed by atoms with E-state index in [2.05, 4.69) is 444 Å². The minimum absolute atomic E-state index is 0.0360. The summed E-state index contributed by atoms with van der Waals surface area (Å²) in [4.78, 5) is 0. The maximum absolute atomic E-state index is 2.49. The first kappa shape index (κ1) is 71.3. The lowest BCUT2D eigenvalue weighted by molar-refractivity contribution is 0.660. The van der Waals surface area contributed by atoms with Gasteiger partial charge in [-0.2, -0.15) is 0 Å². The maximum Gasteiger partial charge on any atom is 0.0159 e. The van der Waals surface area contributed by atoms with Crippen LogP contribution in [0.15, 0.2) is 388 Å². The van der Waals surface area contributed by atoms with Gasteiger partial charge in [0.1, 0.15) is 0 Å². The Morgan fingerprint density at radius 3 is 0.758 bits per heavy atom. The molecule has 0 amide bonds. The first-order valence-corrected chi connectivity index (χ1v) is 42.7. The number of hydrogen-bond acceptors (Lipinski definition) is 0. The quantitative estimate of drug-likeness (QED) is 0.133. The third-order valence-electron chi connectivity index (χ3n) is 28.1. The third-order valence-corrected chi connectivity index (χ3v) is 28.1. The summed E-state index contributed by atoms with van der Waals surface area (Å²) in [5.74, 6) is 0. The Morgan fingerprint density at radius 1 is 0.125 bits per heavy atom. The van der Waals surface area contributed by atoms with Gasteiger partial charge in [-0.3, -0.25) is 0 Å². The summed E-state index contributed by atoms with van der Waals surface area (Å²) < 4.78 is 0. The van der Waals surface area contributed by atoms with E-state index in [1.807, 2.05) is 0 Å². The van der Waals surface area contributed by atoms with Gasteiger partial charge in [0.05, 0.1) is 0 Å². The van der Waals surface area contributed by atoms with Crippen LogP contribution in [-0.2, 0) is 21.7 Å². The second kappa shape index (κ2) is 26.7. The Balaban J connectivity index is 0.000000140. The highest BCUT2D eigenvalue weighted by Crippen LogP contribution is 2.57. The van der Waals surface area contributed by atoms with Crippen LogP contribution in [0.4, 0.5) is 0 Å². The zero-order valence-electron chi connectivity index (χ0n) is 69.0. The molecule has 0 unspecified atom stereocenters. The van der Waals surface area contributed by atoms with Gasteiger partial charge in [-0.1, -0.05) is 389 Å². The standard InChI is InChI=1S/2C60H44/c1-59(2)53-22-11-9-18-45(53)47-29-26-42(35-55(47)59)39-16-13-17-43(33-39)57-49-20-7-8-21-50(49)58(44-28-30-48-46-19-10-12-23-54(46)60(3,4)56(48)36-44)52-34-41(27-31-51(52)57)40-25-24-37-14-5-6-15-38(37)32-40;1-59(2)53-19-11-9-15-45(53)47-30-27-43(35-55(47)59)38-21-24-39(25-22-38)57-49-17-7-8-18-50(49)58(44-29-31-48-46-16-10-12-20-54(46)60(3,4)56(48)36-44)52-34-42(28-32-51(52)57)41-26-23-37-13-5-6-14-40(37)33-41/h2*5-36H,1-4H3. The van der Waals surface area contributed by atoms with Crippen molar-refractivity contribution in [3.8, 4) is 134 Å². The summed E-state index contributed by atoms with van der Waals surface area (Å²) in [6.07, 6.45) is 0. The zero-order chi connectivity index (χ0) is 80.7. The van der Waals surface area contributed by atoms with E-state index in [9.17, 15) is 0 Å². The molecule has 120 heavy (non-hydrogen) atoms. The molecular weight excluding hydrogens is 1440 g/mol. The van der Waals surface area contributed by atoms with Crippen LogP contribution >= 0.6 is 0 Å². The number of fused-ring (bicyclic) bond motifs is 18. The van der Waals surface area contributed by atoms with E-state index in [1.165, 1.54) is 243 Å². The van der Waals surface area contributed by atoms with E-state index in [4.69, 9.17) is 0 Å². The highest BCUT2D eigenvalue weighted by molar-refractivity contribution is 6.24. The fourth-order valence-electron chi connectivity index (χ4n) is 21.9. The molecule has 0 aromatic heterocycles. The lowest BCUT2D eigenvalue weighted by Crippen LogP contribution is -2.14. The molecule has 0 saturated heterocycles. The third kappa shape index (κ3) is 10.9. The van der Waals surface area contributed by atoms with E-state index >= 15 is 0 Å². The molecule has 4 aliphatic rings. The van der Waals surface area contributed by atoms with Crippen molar-refractivity contribution in [3.63, 3.8) is 0 Å². The zero-order valence-corrected chi connectivity index (χ0v) is 69.0. The van der Waals surface area contributed by atoms with Gasteiger partial charge in [0.25, 0.3) is 0 Å². The van der Waals surface area contributed by atoms with Crippen LogP contribution in [0.25, 0.3) is 198 Å². The topological polar surface area (TPSA) is 0 Å². The predicted octanol–water partition coefficient (Wildman–Crippen LogP) is 32.9. The molecule has 0 N–H and O–H groups in total. The minimum atomic E-state index is -0.0975. The van der Waals surface area contributed by atoms with Crippen LogP contribution in [0, 0.1) is 0 Å². The molecule has 0 radical (unpaired) electrons.